The van der Waals surface area contributed by atoms with Gasteiger partial charge in [0.15, 0.2) is 0 Å². The Hall–Kier alpha value is -3.12. The summed E-state index contributed by atoms with van der Waals surface area (Å²) >= 11 is 0. The zero-order valence-electron chi connectivity index (χ0n) is 16.6. The smallest absolute Gasteiger partial charge is 0.255 e. The average molecular weight is 378 g/mol. The highest BCUT2D eigenvalue weighted by Crippen LogP contribution is 2.14. The SMILES string of the molecule is COc1ccc(Cn2cc(NC(=O)c3ccc(CCN(C)C)cc3)cn2)cc1. The fourth-order valence-corrected chi connectivity index (χ4v) is 2.81. The van der Waals surface area contributed by atoms with Gasteiger partial charge in [0, 0.05) is 18.3 Å². The Bertz CT molecular complexity index is 899. The first-order chi connectivity index (χ1) is 13.5. The number of hydrogen-bond donors (Lipinski definition) is 1. The van der Waals surface area contributed by atoms with Crippen molar-refractivity contribution in [3.05, 3.63) is 77.6 Å². The van der Waals surface area contributed by atoms with E-state index >= 15 is 0 Å². The van der Waals surface area contributed by atoms with Gasteiger partial charge in [-0.05, 0) is 55.9 Å². The van der Waals surface area contributed by atoms with E-state index in [1.807, 2.05) is 54.7 Å². The van der Waals surface area contributed by atoms with Crippen molar-refractivity contribution in [2.45, 2.75) is 13.0 Å². The van der Waals surface area contributed by atoms with Crippen LogP contribution in [0, 0.1) is 0 Å². The zero-order valence-corrected chi connectivity index (χ0v) is 16.6. The maximum Gasteiger partial charge on any atom is 0.255 e. The van der Waals surface area contributed by atoms with Crippen molar-refractivity contribution >= 4 is 11.6 Å². The maximum atomic E-state index is 12.5. The number of carbonyl (C=O) groups is 1. The molecule has 0 spiro atoms. The van der Waals surface area contributed by atoms with Gasteiger partial charge in [-0.2, -0.15) is 5.10 Å². The number of rotatable bonds is 8. The zero-order chi connectivity index (χ0) is 19.9. The van der Waals surface area contributed by atoms with Crippen LogP contribution in [0.3, 0.4) is 0 Å². The van der Waals surface area contributed by atoms with Crippen LogP contribution < -0.4 is 10.1 Å². The molecule has 3 aromatic rings. The molecule has 0 aliphatic carbocycles. The van der Waals surface area contributed by atoms with Crippen LogP contribution in [0.5, 0.6) is 5.75 Å². The molecule has 0 aliphatic heterocycles. The van der Waals surface area contributed by atoms with Crippen molar-refractivity contribution in [2.75, 3.05) is 33.1 Å². The molecule has 0 saturated heterocycles. The van der Waals surface area contributed by atoms with Crippen molar-refractivity contribution in [1.29, 1.82) is 0 Å². The maximum absolute atomic E-state index is 12.5. The summed E-state index contributed by atoms with van der Waals surface area (Å²) < 4.78 is 6.96. The molecule has 2 aromatic carbocycles. The molecule has 1 amide bonds. The molecule has 0 bridgehead atoms. The molecule has 1 N–H and O–H groups in total. The number of aromatic nitrogens is 2. The fourth-order valence-electron chi connectivity index (χ4n) is 2.81. The molecule has 0 saturated carbocycles. The second-order valence-electron chi connectivity index (χ2n) is 6.98. The van der Waals surface area contributed by atoms with E-state index in [-0.39, 0.29) is 5.91 Å². The van der Waals surface area contributed by atoms with Gasteiger partial charge in [0.1, 0.15) is 5.75 Å². The van der Waals surface area contributed by atoms with Gasteiger partial charge >= 0.3 is 0 Å². The Morgan fingerprint density at radius 1 is 1.07 bits per heavy atom. The number of methoxy groups -OCH3 is 1. The average Bonchev–Trinajstić information content (AvgIpc) is 3.14. The lowest BCUT2D eigenvalue weighted by molar-refractivity contribution is 0.102. The number of likely N-dealkylation sites (N-methyl/N-ethyl adjacent to an activating group) is 1. The molecule has 1 aromatic heterocycles. The van der Waals surface area contributed by atoms with E-state index in [1.54, 1.807) is 18.0 Å². The molecule has 0 aliphatic rings. The molecule has 146 valence electrons. The molecular formula is C22H26N4O2. The summed E-state index contributed by atoms with van der Waals surface area (Å²) in [6, 6.07) is 15.6. The first-order valence-electron chi connectivity index (χ1n) is 9.24. The number of nitrogens with one attached hydrogen (secondary N) is 1. The molecule has 0 fully saturated rings. The van der Waals surface area contributed by atoms with E-state index in [4.69, 9.17) is 4.74 Å². The number of anilines is 1. The van der Waals surface area contributed by atoms with Gasteiger partial charge in [-0.25, -0.2) is 0 Å². The summed E-state index contributed by atoms with van der Waals surface area (Å²) in [5.41, 5.74) is 3.64. The number of amides is 1. The summed E-state index contributed by atoms with van der Waals surface area (Å²) in [7, 11) is 5.75. The van der Waals surface area contributed by atoms with E-state index in [2.05, 4.69) is 29.4 Å². The lowest BCUT2D eigenvalue weighted by Gasteiger charge is -2.09. The van der Waals surface area contributed by atoms with Crippen LogP contribution in [-0.2, 0) is 13.0 Å². The van der Waals surface area contributed by atoms with E-state index in [9.17, 15) is 4.79 Å². The Morgan fingerprint density at radius 3 is 2.39 bits per heavy atom. The summed E-state index contributed by atoms with van der Waals surface area (Å²) in [4.78, 5) is 14.6. The Labute approximate surface area is 165 Å². The van der Waals surface area contributed by atoms with E-state index in [0.29, 0.717) is 17.8 Å². The van der Waals surface area contributed by atoms with Crippen molar-refractivity contribution in [2.24, 2.45) is 0 Å². The molecule has 3 rings (SSSR count). The summed E-state index contributed by atoms with van der Waals surface area (Å²) in [5.74, 6) is 0.688. The Kier molecular flexibility index (Phi) is 6.45. The predicted molar refractivity (Wildman–Crippen MR) is 111 cm³/mol. The molecule has 0 radical (unpaired) electrons. The number of carbonyl (C=O) groups excluding carboxylic acids is 1. The summed E-state index contributed by atoms with van der Waals surface area (Å²) in [6.07, 6.45) is 4.45. The van der Waals surface area contributed by atoms with Gasteiger partial charge in [-0.15, -0.1) is 0 Å². The first-order valence-corrected chi connectivity index (χ1v) is 9.24. The van der Waals surface area contributed by atoms with Gasteiger partial charge in [-0.1, -0.05) is 24.3 Å². The summed E-state index contributed by atoms with van der Waals surface area (Å²) in [6.45, 7) is 1.61. The second-order valence-corrected chi connectivity index (χ2v) is 6.98. The number of hydrogen-bond acceptors (Lipinski definition) is 4. The minimum atomic E-state index is -0.136. The van der Waals surface area contributed by atoms with Crippen LogP contribution in [0.1, 0.15) is 21.5 Å². The predicted octanol–water partition coefficient (Wildman–Crippen LogP) is 3.30. The minimum Gasteiger partial charge on any atom is -0.497 e. The fraction of sp³-hybridized carbons (Fsp3) is 0.273. The van der Waals surface area contributed by atoms with Crippen LogP contribution in [0.4, 0.5) is 5.69 Å². The number of nitrogens with zero attached hydrogens (tertiary/aromatic N) is 3. The van der Waals surface area contributed by atoms with E-state index in [0.717, 1.165) is 24.3 Å². The largest absolute Gasteiger partial charge is 0.497 e. The van der Waals surface area contributed by atoms with Gasteiger partial charge in [0.25, 0.3) is 5.91 Å². The van der Waals surface area contributed by atoms with Crippen LogP contribution in [0.2, 0.25) is 0 Å². The van der Waals surface area contributed by atoms with Crippen LogP contribution in [0.15, 0.2) is 60.9 Å². The number of benzene rings is 2. The summed E-state index contributed by atoms with van der Waals surface area (Å²) in [5, 5.41) is 7.22. The van der Waals surface area contributed by atoms with E-state index < -0.39 is 0 Å². The standard InChI is InChI=1S/C22H26N4O2/c1-25(2)13-12-17-4-8-19(9-5-17)22(27)24-20-14-23-26(16-20)15-18-6-10-21(28-3)11-7-18/h4-11,14,16H,12-13,15H2,1-3H3,(H,24,27). The minimum absolute atomic E-state index is 0.136. The van der Waals surface area contributed by atoms with Crippen LogP contribution in [-0.4, -0.2) is 48.3 Å². The molecule has 6 nitrogen and oxygen atoms in total. The highest BCUT2D eigenvalue weighted by atomic mass is 16.5. The van der Waals surface area contributed by atoms with Gasteiger partial charge < -0.3 is 15.0 Å². The van der Waals surface area contributed by atoms with Crippen molar-refractivity contribution in [3.63, 3.8) is 0 Å². The van der Waals surface area contributed by atoms with Crippen LogP contribution in [0.25, 0.3) is 0 Å². The van der Waals surface area contributed by atoms with Gasteiger partial charge in [-0.3, -0.25) is 9.48 Å². The topological polar surface area (TPSA) is 59.4 Å². The van der Waals surface area contributed by atoms with Crippen molar-refractivity contribution in [1.82, 2.24) is 14.7 Å². The third kappa shape index (κ3) is 5.44. The Morgan fingerprint density at radius 2 is 1.75 bits per heavy atom. The lowest BCUT2D eigenvalue weighted by Crippen LogP contribution is -2.15. The van der Waals surface area contributed by atoms with Crippen molar-refractivity contribution < 1.29 is 9.53 Å². The highest BCUT2D eigenvalue weighted by Gasteiger charge is 2.08. The lowest BCUT2D eigenvalue weighted by atomic mass is 10.1. The molecular weight excluding hydrogens is 352 g/mol. The Balaban J connectivity index is 1.57. The molecule has 6 heteroatoms. The molecule has 28 heavy (non-hydrogen) atoms. The quantitative estimate of drug-likeness (QED) is 0.653. The normalized spacial score (nSPS) is 10.9. The third-order valence-electron chi connectivity index (χ3n) is 4.46. The molecule has 0 atom stereocenters. The number of ether oxygens (including phenoxy) is 1. The van der Waals surface area contributed by atoms with Gasteiger partial charge in [0.2, 0.25) is 0 Å². The molecule has 1 heterocycles. The molecule has 0 unspecified atom stereocenters. The first kappa shape index (κ1) is 19.6. The van der Waals surface area contributed by atoms with Gasteiger partial charge in [0.05, 0.1) is 25.5 Å². The third-order valence-corrected chi connectivity index (χ3v) is 4.46. The second kappa shape index (κ2) is 9.19. The monoisotopic (exact) mass is 378 g/mol. The van der Waals surface area contributed by atoms with E-state index in [1.165, 1.54) is 5.56 Å². The highest BCUT2D eigenvalue weighted by molar-refractivity contribution is 6.04. The van der Waals surface area contributed by atoms with Crippen LogP contribution >= 0.6 is 0 Å². The van der Waals surface area contributed by atoms with Crippen molar-refractivity contribution in [3.8, 4) is 5.75 Å².